The van der Waals surface area contributed by atoms with Gasteiger partial charge in [-0.3, -0.25) is 14.4 Å². The van der Waals surface area contributed by atoms with Crippen LogP contribution in [0.3, 0.4) is 0 Å². The highest BCUT2D eigenvalue weighted by atomic mass is 16.8. The third kappa shape index (κ3) is 9.52. The highest BCUT2D eigenvalue weighted by Crippen LogP contribution is 2.54. The summed E-state index contributed by atoms with van der Waals surface area (Å²) < 4.78 is 40.1. The van der Waals surface area contributed by atoms with Crippen molar-refractivity contribution >= 4 is 17.7 Å². The van der Waals surface area contributed by atoms with E-state index in [1.54, 1.807) is 6.92 Å². The largest absolute Gasteiger partial charge is 0.453 e. The molecule has 3 N–H and O–H groups in total. The molecular formula is C47H75NO11. The first kappa shape index (κ1) is 47.7. The van der Waals surface area contributed by atoms with Crippen LogP contribution in [-0.2, 0) is 42.8 Å². The number of rotatable bonds is 14. The van der Waals surface area contributed by atoms with Crippen molar-refractivity contribution in [1.82, 2.24) is 5.32 Å². The molecule has 0 aliphatic carbocycles. The summed E-state index contributed by atoms with van der Waals surface area (Å²) in [6.07, 6.45) is 11.4. The minimum absolute atomic E-state index is 0.0105. The third-order valence-electron chi connectivity index (χ3n) is 15.1. The molecule has 5 heterocycles. The smallest absolute Gasteiger partial charge is 0.303 e. The fourth-order valence-electron chi connectivity index (χ4n) is 11.1. The van der Waals surface area contributed by atoms with Gasteiger partial charge in [-0.25, -0.2) is 0 Å². The zero-order valence-corrected chi connectivity index (χ0v) is 37.7. The number of carbonyl (C=O) groups is 3. The Balaban J connectivity index is 1.34. The van der Waals surface area contributed by atoms with Crippen LogP contribution in [0.1, 0.15) is 140 Å². The van der Waals surface area contributed by atoms with Gasteiger partial charge in [0.2, 0.25) is 11.7 Å². The van der Waals surface area contributed by atoms with Gasteiger partial charge in [0.15, 0.2) is 11.9 Å². The second-order valence-corrected chi connectivity index (χ2v) is 19.1. The summed E-state index contributed by atoms with van der Waals surface area (Å²) in [6, 6.07) is 0. The van der Waals surface area contributed by atoms with Gasteiger partial charge in [-0.15, -0.1) is 6.42 Å². The molecule has 4 saturated heterocycles. The number of ether oxygens (including phenoxy) is 6. The molecule has 5 rings (SSSR count). The first-order valence-corrected chi connectivity index (χ1v) is 22.6. The van der Waals surface area contributed by atoms with Crippen LogP contribution in [0, 0.1) is 53.8 Å². The van der Waals surface area contributed by atoms with Crippen molar-refractivity contribution in [2.75, 3.05) is 6.54 Å². The first-order chi connectivity index (χ1) is 27.7. The Labute approximate surface area is 353 Å². The van der Waals surface area contributed by atoms with E-state index in [1.165, 1.54) is 6.92 Å². The summed E-state index contributed by atoms with van der Waals surface area (Å²) >= 11 is 0. The maximum atomic E-state index is 14.6. The van der Waals surface area contributed by atoms with Crippen LogP contribution in [-0.4, -0.2) is 99.9 Å². The number of esters is 1. The van der Waals surface area contributed by atoms with Crippen LogP contribution < -0.4 is 5.32 Å². The van der Waals surface area contributed by atoms with Crippen molar-refractivity contribution in [3.63, 3.8) is 0 Å². The van der Waals surface area contributed by atoms with Gasteiger partial charge in [0, 0.05) is 37.0 Å². The van der Waals surface area contributed by atoms with Gasteiger partial charge in [-0.2, -0.15) is 0 Å². The molecule has 12 nitrogen and oxygen atoms in total. The molecule has 0 radical (unpaired) electrons. The molecule has 59 heavy (non-hydrogen) atoms. The number of amides is 1. The number of carbonyl (C=O) groups excluding carboxylic acids is 3. The highest BCUT2D eigenvalue weighted by Gasteiger charge is 2.64. The van der Waals surface area contributed by atoms with Crippen LogP contribution in [0.5, 0.6) is 0 Å². The predicted octanol–water partition coefficient (Wildman–Crippen LogP) is 6.42. The molecule has 2 spiro atoms. The molecule has 0 aromatic carbocycles. The van der Waals surface area contributed by atoms with Crippen molar-refractivity contribution in [3.8, 4) is 12.3 Å². The summed E-state index contributed by atoms with van der Waals surface area (Å²) in [5, 5.41) is 25.8. The topological polar surface area (TPSA) is 159 Å². The lowest BCUT2D eigenvalue weighted by Crippen LogP contribution is -2.63. The number of nitrogens with one attached hydrogen (secondary N) is 1. The second-order valence-electron chi connectivity index (χ2n) is 19.1. The Morgan fingerprint density at radius 3 is 2.25 bits per heavy atom. The highest BCUT2D eigenvalue weighted by molar-refractivity contribution is 5.84. The van der Waals surface area contributed by atoms with Crippen molar-refractivity contribution < 1.29 is 53.0 Å². The molecular weight excluding hydrogens is 755 g/mol. The minimum atomic E-state index is -1.38. The molecule has 5 aliphatic heterocycles. The van der Waals surface area contributed by atoms with Crippen LogP contribution >= 0.6 is 0 Å². The molecule has 0 bridgehead atoms. The summed E-state index contributed by atoms with van der Waals surface area (Å²) in [7, 11) is 0. The van der Waals surface area contributed by atoms with E-state index < -0.39 is 58.9 Å². The van der Waals surface area contributed by atoms with Crippen molar-refractivity contribution in [3.05, 3.63) is 12.2 Å². The average molecular weight is 830 g/mol. The lowest BCUT2D eigenvalue weighted by Gasteiger charge is -2.54. The van der Waals surface area contributed by atoms with E-state index in [0.29, 0.717) is 51.4 Å². The Bertz CT molecular complexity index is 1560. The SMILES string of the molecule is C#CCNC(=O)[C@H](CC)[C@H]1CC[C@H](C)[C@H]([C@@H](C)[C@H](O)[C@H](C)C(=O)[C@H](CC)[C@H]2O[C@]3(C=C[C@H](OC(C)=O)[C@]4(CC[C@@](C)([C@H]5CC[C@](O)(CC)[C@H](C)O5)O4)O3)[C@H](C)C[C@@H]2C)O1. The number of ketones is 1. The number of hydrogen-bond acceptors (Lipinski definition) is 11. The fraction of sp³-hybridized carbons (Fsp3) is 0.851. The van der Waals surface area contributed by atoms with Gasteiger partial charge in [0.1, 0.15) is 5.78 Å². The van der Waals surface area contributed by atoms with E-state index >= 15 is 0 Å². The van der Waals surface area contributed by atoms with E-state index in [2.05, 4.69) is 32.0 Å². The molecule has 5 aliphatic rings. The van der Waals surface area contributed by atoms with Crippen molar-refractivity contribution in [2.24, 2.45) is 41.4 Å². The molecule has 12 heteroatoms. The van der Waals surface area contributed by atoms with E-state index in [0.717, 1.165) is 12.8 Å². The Morgan fingerprint density at radius 2 is 1.64 bits per heavy atom. The van der Waals surface area contributed by atoms with Crippen molar-refractivity contribution in [1.29, 1.82) is 0 Å². The molecule has 0 saturated carbocycles. The van der Waals surface area contributed by atoms with Crippen LogP contribution in [0.4, 0.5) is 0 Å². The lowest BCUT2D eigenvalue weighted by atomic mass is 9.72. The van der Waals surface area contributed by atoms with Crippen LogP contribution in [0.25, 0.3) is 0 Å². The maximum absolute atomic E-state index is 14.6. The fourth-order valence-corrected chi connectivity index (χ4v) is 11.1. The van der Waals surface area contributed by atoms with Gasteiger partial charge < -0.3 is 44.0 Å². The average Bonchev–Trinajstić information content (AvgIpc) is 3.54. The molecule has 1 amide bonds. The van der Waals surface area contributed by atoms with Crippen LogP contribution in [0.2, 0.25) is 0 Å². The Morgan fingerprint density at radius 1 is 0.949 bits per heavy atom. The standard InChI is InChI=1S/C47H75NO11/c1-13-25-48-43(52)34(14-2)36-18-17-27(5)41(56-36)31(9)39(50)30(8)40(51)35(15-3)42-28(6)26-29(7)46(57-42)22-20-38(55-33(11)49)47(59-46)24-23-44(12,58-47)37-19-21-45(53,16-4)32(10)54-37/h1,20,22,27-32,34-39,41-42,50,53H,14-19,21,23-26H2,2-12H3,(H,48,52)/t27-,28-,29+,30-,31-,32-,34+,35-,36+,37+,38-,39+,41+,42-,44-,45+,46-,47-/m0/s1. The van der Waals surface area contributed by atoms with Gasteiger partial charge in [0.25, 0.3) is 0 Å². The Kier molecular flexibility index (Phi) is 15.3. The minimum Gasteiger partial charge on any atom is -0.453 e. The summed E-state index contributed by atoms with van der Waals surface area (Å²) in [4.78, 5) is 40.1. The van der Waals surface area contributed by atoms with E-state index in [9.17, 15) is 24.6 Å². The second kappa shape index (κ2) is 18.9. The van der Waals surface area contributed by atoms with Crippen molar-refractivity contribution in [2.45, 2.75) is 206 Å². The van der Waals surface area contributed by atoms with E-state index in [4.69, 9.17) is 34.8 Å². The molecule has 4 fully saturated rings. The predicted molar refractivity (Wildman–Crippen MR) is 222 cm³/mol. The van der Waals surface area contributed by atoms with Gasteiger partial charge >= 0.3 is 5.97 Å². The summed E-state index contributed by atoms with van der Waals surface area (Å²) in [6.45, 7) is 21.3. The molecule has 0 aromatic heterocycles. The molecule has 18 atom stereocenters. The number of hydrogen-bond donors (Lipinski definition) is 3. The summed E-state index contributed by atoms with van der Waals surface area (Å²) in [5.41, 5.74) is -1.70. The molecule has 0 aromatic rings. The normalized spacial score (nSPS) is 42.3. The first-order valence-electron chi connectivity index (χ1n) is 22.6. The number of aliphatic hydroxyl groups is 2. The Hall–Kier alpha value is -2.37. The van der Waals surface area contributed by atoms with Gasteiger partial charge in [-0.05, 0) is 95.6 Å². The number of terminal acetylenes is 1. The van der Waals surface area contributed by atoms with Crippen LogP contribution in [0.15, 0.2) is 12.2 Å². The van der Waals surface area contributed by atoms with Gasteiger partial charge in [-0.1, -0.05) is 61.3 Å². The zero-order valence-electron chi connectivity index (χ0n) is 37.7. The van der Waals surface area contributed by atoms with E-state index in [1.807, 2.05) is 53.7 Å². The zero-order chi connectivity index (χ0) is 43.7. The molecule has 334 valence electrons. The number of Topliss-reactive ketones (excluding diaryl/α,β-unsaturated/α-hetero) is 1. The van der Waals surface area contributed by atoms with E-state index in [-0.39, 0.29) is 72.2 Å². The van der Waals surface area contributed by atoms with Gasteiger partial charge in [0.05, 0.1) is 60.3 Å². The summed E-state index contributed by atoms with van der Waals surface area (Å²) in [5.74, 6) is -2.91. The number of aliphatic hydroxyl groups excluding tert-OH is 1. The lowest BCUT2D eigenvalue weighted by molar-refractivity contribution is -0.409. The third-order valence-corrected chi connectivity index (χ3v) is 15.1. The molecule has 0 unspecified atom stereocenters. The quantitative estimate of drug-likeness (QED) is 0.101. The maximum Gasteiger partial charge on any atom is 0.303 e. The monoisotopic (exact) mass is 830 g/mol.